The normalized spacial score (nSPS) is 11.0. The number of ether oxygens (including phenoxy) is 1. The van der Waals surface area contributed by atoms with Crippen molar-refractivity contribution in [2.75, 3.05) is 6.54 Å². The van der Waals surface area contributed by atoms with E-state index in [1.165, 1.54) is 16.3 Å². The van der Waals surface area contributed by atoms with Gasteiger partial charge in [-0.3, -0.25) is 0 Å². The molecule has 0 unspecified atom stereocenters. The molecule has 2 nitrogen and oxygen atoms in total. The Morgan fingerprint density at radius 1 is 0.767 bits per heavy atom. The van der Waals surface area contributed by atoms with Crippen LogP contribution >= 0.6 is 23.2 Å². The minimum atomic E-state index is 0.440. The van der Waals surface area contributed by atoms with E-state index in [9.17, 15) is 0 Å². The number of hydrogen-bond donors (Lipinski definition) is 1. The van der Waals surface area contributed by atoms with Crippen LogP contribution in [0.5, 0.6) is 5.75 Å². The lowest BCUT2D eigenvalue weighted by Gasteiger charge is -2.16. The molecule has 0 aromatic heterocycles. The van der Waals surface area contributed by atoms with E-state index < -0.39 is 0 Å². The van der Waals surface area contributed by atoms with Crippen molar-refractivity contribution in [2.24, 2.45) is 0 Å². The lowest BCUT2D eigenvalue weighted by molar-refractivity contribution is 0.303. The summed E-state index contributed by atoms with van der Waals surface area (Å²) in [6, 6.07) is 28.4. The van der Waals surface area contributed by atoms with Gasteiger partial charge in [-0.25, -0.2) is 0 Å². The highest BCUT2D eigenvalue weighted by Crippen LogP contribution is 2.29. The third kappa shape index (κ3) is 5.14. The molecule has 0 saturated carbocycles. The Bertz CT molecular complexity index is 1130. The maximum atomic E-state index is 6.30. The van der Waals surface area contributed by atoms with Gasteiger partial charge in [-0.15, -0.1) is 0 Å². The molecule has 4 rings (SSSR count). The van der Waals surface area contributed by atoms with E-state index in [4.69, 9.17) is 27.9 Å². The molecule has 0 heterocycles. The van der Waals surface area contributed by atoms with Gasteiger partial charge in [0.2, 0.25) is 0 Å². The van der Waals surface area contributed by atoms with Gasteiger partial charge in [0.25, 0.3) is 0 Å². The van der Waals surface area contributed by atoms with Gasteiger partial charge in [-0.05, 0) is 53.6 Å². The second-order valence-electron chi connectivity index (χ2n) is 7.20. The van der Waals surface area contributed by atoms with E-state index in [0.29, 0.717) is 6.61 Å². The Morgan fingerprint density at radius 3 is 2.37 bits per heavy atom. The molecular weight excluding hydrogens is 413 g/mol. The Hall–Kier alpha value is -2.52. The first-order chi connectivity index (χ1) is 14.7. The first-order valence-electron chi connectivity index (χ1n) is 10.0. The van der Waals surface area contributed by atoms with E-state index in [2.05, 4.69) is 53.8 Å². The maximum absolute atomic E-state index is 6.30. The van der Waals surface area contributed by atoms with E-state index >= 15 is 0 Å². The number of benzene rings is 4. The average molecular weight is 436 g/mol. The number of halogens is 2. The van der Waals surface area contributed by atoms with Crippen LogP contribution in [0.25, 0.3) is 10.8 Å². The largest absolute Gasteiger partial charge is 0.488 e. The fourth-order valence-corrected chi connectivity index (χ4v) is 3.82. The van der Waals surface area contributed by atoms with E-state index in [-0.39, 0.29) is 0 Å². The van der Waals surface area contributed by atoms with Crippen LogP contribution in [-0.2, 0) is 19.6 Å². The quantitative estimate of drug-likeness (QED) is 0.299. The zero-order valence-electron chi connectivity index (χ0n) is 16.6. The molecule has 1 N–H and O–H groups in total. The SMILES string of the molecule is Clc1ccc(CCNCc2c(OCc3ccccc3Cl)ccc3ccccc23)cc1. The van der Waals surface area contributed by atoms with Crippen molar-refractivity contribution in [3.05, 3.63) is 112 Å². The zero-order chi connectivity index (χ0) is 20.8. The van der Waals surface area contributed by atoms with Crippen LogP contribution in [-0.4, -0.2) is 6.54 Å². The smallest absolute Gasteiger partial charge is 0.124 e. The minimum absolute atomic E-state index is 0.440. The van der Waals surface area contributed by atoms with Crippen molar-refractivity contribution >= 4 is 34.0 Å². The lowest BCUT2D eigenvalue weighted by Crippen LogP contribution is -2.17. The summed E-state index contributed by atoms with van der Waals surface area (Å²) in [6.07, 6.45) is 0.942. The van der Waals surface area contributed by atoms with Crippen molar-refractivity contribution in [3.63, 3.8) is 0 Å². The van der Waals surface area contributed by atoms with Crippen LogP contribution in [0.1, 0.15) is 16.7 Å². The summed E-state index contributed by atoms with van der Waals surface area (Å²) in [5.74, 6) is 0.882. The highest BCUT2D eigenvalue weighted by molar-refractivity contribution is 6.31. The third-order valence-corrected chi connectivity index (χ3v) is 5.76. The second kappa shape index (κ2) is 9.99. The first-order valence-corrected chi connectivity index (χ1v) is 10.8. The van der Waals surface area contributed by atoms with Gasteiger partial charge in [0.05, 0.1) is 0 Å². The number of hydrogen-bond acceptors (Lipinski definition) is 2. The van der Waals surface area contributed by atoms with Crippen LogP contribution in [0.3, 0.4) is 0 Å². The van der Waals surface area contributed by atoms with Crippen molar-refractivity contribution in [2.45, 2.75) is 19.6 Å². The summed E-state index contributed by atoms with van der Waals surface area (Å²) >= 11 is 12.3. The van der Waals surface area contributed by atoms with Crippen molar-refractivity contribution < 1.29 is 4.74 Å². The molecule has 0 aliphatic carbocycles. The van der Waals surface area contributed by atoms with E-state index in [1.807, 2.05) is 36.4 Å². The molecule has 4 aromatic rings. The average Bonchev–Trinajstić information content (AvgIpc) is 2.78. The Labute approximate surface area is 187 Å². The molecular formula is C26H23Cl2NO. The predicted molar refractivity (Wildman–Crippen MR) is 127 cm³/mol. The monoisotopic (exact) mass is 435 g/mol. The lowest BCUT2D eigenvalue weighted by atomic mass is 10.0. The van der Waals surface area contributed by atoms with E-state index in [1.54, 1.807) is 0 Å². The molecule has 0 aliphatic rings. The molecule has 0 aliphatic heterocycles. The number of nitrogens with one attached hydrogen (secondary N) is 1. The van der Waals surface area contributed by atoms with Crippen molar-refractivity contribution in [1.82, 2.24) is 5.32 Å². The van der Waals surface area contributed by atoms with Gasteiger partial charge < -0.3 is 10.1 Å². The molecule has 0 radical (unpaired) electrons. The topological polar surface area (TPSA) is 21.3 Å². The molecule has 0 bridgehead atoms. The van der Waals surface area contributed by atoms with Gasteiger partial charge in [0, 0.05) is 27.7 Å². The second-order valence-corrected chi connectivity index (χ2v) is 8.04. The highest BCUT2D eigenvalue weighted by Gasteiger charge is 2.10. The van der Waals surface area contributed by atoms with Gasteiger partial charge in [-0.2, -0.15) is 0 Å². The minimum Gasteiger partial charge on any atom is -0.488 e. The maximum Gasteiger partial charge on any atom is 0.124 e. The van der Waals surface area contributed by atoms with Gasteiger partial charge >= 0.3 is 0 Å². The molecule has 4 heteroatoms. The molecule has 152 valence electrons. The summed E-state index contributed by atoms with van der Waals surface area (Å²) in [7, 11) is 0. The van der Waals surface area contributed by atoms with Gasteiger partial charge in [0.1, 0.15) is 12.4 Å². The molecule has 0 saturated heterocycles. The number of rotatable bonds is 8. The third-order valence-electron chi connectivity index (χ3n) is 5.14. The summed E-state index contributed by atoms with van der Waals surface area (Å²) in [5.41, 5.74) is 3.41. The standard InChI is InChI=1S/C26H23Cl2NO/c27-22-12-9-19(10-13-22)15-16-29-17-24-23-7-3-1-5-20(23)11-14-26(24)30-18-21-6-2-4-8-25(21)28/h1-14,29H,15-18H2. The molecule has 0 spiro atoms. The predicted octanol–water partition coefficient (Wildman–Crippen LogP) is 7.06. The van der Waals surface area contributed by atoms with Gasteiger partial charge in [0.15, 0.2) is 0 Å². The van der Waals surface area contributed by atoms with Crippen LogP contribution in [0.15, 0.2) is 84.9 Å². The van der Waals surface area contributed by atoms with Crippen LogP contribution in [0.2, 0.25) is 10.0 Å². The summed E-state index contributed by atoms with van der Waals surface area (Å²) < 4.78 is 6.20. The molecule has 0 atom stereocenters. The van der Waals surface area contributed by atoms with Crippen LogP contribution in [0.4, 0.5) is 0 Å². The molecule has 4 aromatic carbocycles. The van der Waals surface area contributed by atoms with Crippen molar-refractivity contribution in [1.29, 1.82) is 0 Å². The van der Waals surface area contributed by atoms with Crippen LogP contribution in [0, 0.1) is 0 Å². The summed E-state index contributed by atoms with van der Waals surface area (Å²) in [5, 5.41) is 7.47. The molecule has 30 heavy (non-hydrogen) atoms. The molecule has 0 amide bonds. The van der Waals surface area contributed by atoms with Gasteiger partial charge in [-0.1, -0.05) is 83.9 Å². The first kappa shape index (κ1) is 20.7. The fraction of sp³-hybridized carbons (Fsp3) is 0.154. The fourth-order valence-electron chi connectivity index (χ4n) is 3.50. The Balaban J connectivity index is 1.48. The number of fused-ring (bicyclic) bond motifs is 1. The summed E-state index contributed by atoms with van der Waals surface area (Å²) in [6.45, 7) is 2.04. The van der Waals surface area contributed by atoms with E-state index in [0.717, 1.165) is 46.4 Å². The Kier molecular flexibility index (Phi) is 6.91. The van der Waals surface area contributed by atoms with Crippen LogP contribution < -0.4 is 10.1 Å². The van der Waals surface area contributed by atoms with Crippen molar-refractivity contribution in [3.8, 4) is 5.75 Å². The Morgan fingerprint density at radius 2 is 1.53 bits per heavy atom. The highest BCUT2D eigenvalue weighted by atomic mass is 35.5. The summed E-state index contributed by atoms with van der Waals surface area (Å²) in [4.78, 5) is 0. The molecule has 0 fully saturated rings. The zero-order valence-corrected chi connectivity index (χ0v) is 18.1.